The highest BCUT2D eigenvalue weighted by Gasteiger charge is 2.39. The first kappa shape index (κ1) is 48.1. The highest BCUT2D eigenvalue weighted by Crippen LogP contribution is 2.31. The first-order valence-electron chi connectivity index (χ1n) is 19.4. The topological polar surface area (TPSA) is 176 Å². The van der Waals surface area contributed by atoms with Crippen molar-refractivity contribution in [3.63, 3.8) is 0 Å². The fraction of sp³-hybridized carbons (Fsp3) is 0.317. The Morgan fingerprint density at radius 1 is 0.646 bits per heavy atom. The van der Waals surface area contributed by atoms with Gasteiger partial charge in [0, 0.05) is 65.6 Å². The van der Waals surface area contributed by atoms with E-state index in [1.54, 1.807) is 69.3 Å². The number of rotatable bonds is 10. The van der Waals surface area contributed by atoms with Gasteiger partial charge in [0.15, 0.2) is 5.78 Å². The SMILES string of the molecule is O=C(CNC(=O)C(F)(F)F)c1ccc(CN(C(=O)N2CCOCC2)c2ccc(Cl)cc2)nc1.O=C(N1CCOCC1)N(Cc1ccc(-c2nnc(C(F)(F)F)o2)cn1)c1ccc(Cl)cc1. The van der Waals surface area contributed by atoms with Gasteiger partial charge in [-0.2, -0.15) is 26.3 Å². The van der Waals surface area contributed by atoms with Crippen LogP contribution in [-0.2, 0) is 33.5 Å². The number of Topliss-reactive ketones (excluding diaryl/α,β-unsaturated/α-hetero) is 1. The summed E-state index contributed by atoms with van der Waals surface area (Å²) in [4.78, 5) is 64.1. The molecule has 5 heterocycles. The van der Waals surface area contributed by atoms with E-state index >= 15 is 0 Å². The predicted octanol–water partition coefficient (Wildman–Crippen LogP) is 7.32. The molecule has 3 aromatic heterocycles. The van der Waals surface area contributed by atoms with Crippen molar-refractivity contribution in [1.29, 1.82) is 0 Å². The zero-order valence-corrected chi connectivity index (χ0v) is 35.3. The molecule has 5 amide bonds. The van der Waals surface area contributed by atoms with Crippen LogP contribution in [0.1, 0.15) is 27.6 Å². The third-order valence-corrected chi connectivity index (χ3v) is 10.00. The number of anilines is 2. The molecule has 65 heavy (non-hydrogen) atoms. The second kappa shape index (κ2) is 21.5. The third-order valence-electron chi connectivity index (χ3n) is 9.49. The van der Waals surface area contributed by atoms with Gasteiger partial charge in [-0.15, -0.1) is 10.2 Å². The fourth-order valence-electron chi connectivity index (χ4n) is 6.10. The average molecular weight is 953 g/mol. The van der Waals surface area contributed by atoms with Crippen molar-refractivity contribution in [1.82, 2.24) is 35.3 Å². The van der Waals surface area contributed by atoms with E-state index in [1.165, 1.54) is 40.8 Å². The molecule has 0 unspecified atom stereocenters. The number of alkyl halides is 6. The molecule has 2 fully saturated rings. The minimum absolute atomic E-state index is 0.0266. The van der Waals surface area contributed by atoms with Gasteiger partial charge in [-0.3, -0.25) is 29.4 Å². The van der Waals surface area contributed by atoms with E-state index in [-0.39, 0.29) is 42.2 Å². The number of benzene rings is 2. The lowest BCUT2D eigenvalue weighted by Crippen LogP contribution is -2.48. The normalized spacial score (nSPS) is 14.2. The number of ketones is 1. The molecule has 2 aliphatic rings. The Bertz CT molecular complexity index is 2400. The van der Waals surface area contributed by atoms with Crippen molar-refractivity contribution in [2.24, 2.45) is 0 Å². The first-order valence-corrected chi connectivity index (χ1v) is 20.2. The molecule has 7 rings (SSSR count). The van der Waals surface area contributed by atoms with Gasteiger partial charge in [0.25, 0.3) is 0 Å². The maximum atomic E-state index is 13.2. The number of halogens is 8. The summed E-state index contributed by atoms with van der Waals surface area (Å²) in [5.74, 6) is -4.65. The average Bonchev–Trinajstić information content (AvgIpc) is 3.82. The summed E-state index contributed by atoms with van der Waals surface area (Å²) < 4.78 is 90.0. The number of hydrogen-bond acceptors (Lipinski definition) is 11. The Kier molecular flexibility index (Phi) is 15.9. The fourth-order valence-corrected chi connectivity index (χ4v) is 6.35. The second-order valence-electron chi connectivity index (χ2n) is 14.0. The van der Waals surface area contributed by atoms with Crippen LogP contribution >= 0.6 is 23.2 Å². The molecule has 0 aliphatic carbocycles. The van der Waals surface area contributed by atoms with Gasteiger partial charge in [0.1, 0.15) is 0 Å². The van der Waals surface area contributed by atoms with Crippen LogP contribution in [-0.4, -0.2) is 119 Å². The van der Waals surface area contributed by atoms with Crippen LogP contribution in [0.15, 0.2) is 89.6 Å². The number of nitrogens with zero attached hydrogens (tertiary/aromatic N) is 8. The summed E-state index contributed by atoms with van der Waals surface area (Å²) in [6.07, 6.45) is -7.28. The number of carbonyl (C=O) groups is 4. The summed E-state index contributed by atoms with van der Waals surface area (Å²) >= 11 is 11.9. The van der Waals surface area contributed by atoms with E-state index in [0.29, 0.717) is 85.4 Å². The molecule has 0 spiro atoms. The standard InChI is InChI=1S/C21H20ClF3N4O4.C20H17ClF3N5O3/c22-15-2-5-17(6-3-15)29(20(32)28-7-9-33-10-8-28)13-16-4-1-14(11-26-16)18(30)12-27-19(31)21(23,24)25;21-14-2-5-16(6-3-14)29(19(30)28-7-9-31-10-8-28)12-15-4-1-13(11-25-15)17-26-27-18(32-17)20(22,23)24/h1-6,11H,7-10,12-13H2,(H,27,31);1-6,11H,7-10,12H2. The first-order chi connectivity index (χ1) is 31.0. The molecular weight excluding hydrogens is 915 g/mol. The minimum Gasteiger partial charge on any atom is -0.413 e. The van der Waals surface area contributed by atoms with Gasteiger partial charge in [-0.25, -0.2) is 9.59 Å². The van der Waals surface area contributed by atoms with Crippen molar-refractivity contribution in [3.8, 4) is 11.5 Å². The second-order valence-corrected chi connectivity index (χ2v) is 14.9. The lowest BCUT2D eigenvalue weighted by Gasteiger charge is -2.33. The van der Waals surface area contributed by atoms with Gasteiger partial charge in [0.2, 0.25) is 5.89 Å². The maximum absolute atomic E-state index is 13.2. The number of ether oxygens (including phenoxy) is 2. The largest absolute Gasteiger partial charge is 0.471 e. The van der Waals surface area contributed by atoms with Gasteiger partial charge in [0.05, 0.1) is 63.0 Å². The molecule has 16 nitrogen and oxygen atoms in total. The molecule has 1 N–H and O–H groups in total. The third kappa shape index (κ3) is 13.3. The molecular formula is C41H37Cl2F6N9O7. The number of carbonyl (C=O) groups excluding carboxylic acids is 4. The molecule has 2 saturated heterocycles. The van der Waals surface area contributed by atoms with Crippen LogP contribution in [0.5, 0.6) is 0 Å². The van der Waals surface area contributed by atoms with Crippen LogP contribution in [0.3, 0.4) is 0 Å². The number of aromatic nitrogens is 4. The summed E-state index contributed by atoms with van der Waals surface area (Å²) in [6, 6.07) is 19.0. The molecule has 24 heteroatoms. The van der Waals surface area contributed by atoms with Crippen LogP contribution in [0.25, 0.3) is 11.5 Å². The summed E-state index contributed by atoms with van der Waals surface area (Å²) in [7, 11) is 0. The maximum Gasteiger partial charge on any atom is 0.471 e. The van der Waals surface area contributed by atoms with Crippen LogP contribution < -0.4 is 15.1 Å². The zero-order valence-electron chi connectivity index (χ0n) is 33.8. The minimum atomic E-state index is -5.07. The highest BCUT2D eigenvalue weighted by molar-refractivity contribution is 6.31. The van der Waals surface area contributed by atoms with E-state index in [1.807, 2.05) is 0 Å². The molecule has 344 valence electrons. The Morgan fingerprint density at radius 3 is 1.52 bits per heavy atom. The van der Waals surface area contributed by atoms with Crippen LogP contribution in [0.4, 0.5) is 47.3 Å². The van der Waals surface area contributed by atoms with Crippen molar-refractivity contribution >= 4 is 58.3 Å². The van der Waals surface area contributed by atoms with Crippen molar-refractivity contribution in [2.75, 3.05) is 69.0 Å². The number of nitrogens with one attached hydrogen (secondary N) is 1. The summed E-state index contributed by atoms with van der Waals surface area (Å²) in [5, 5.41) is 8.99. The van der Waals surface area contributed by atoms with Crippen LogP contribution in [0.2, 0.25) is 10.0 Å². The van der Waals surface area contributed by atoms with E-state index < -0.39 is 36.5 Å². The highest BCUT2D eigenvalue weighted by atomic mass is 35.5. The van der Waals surface area contributed by atoms with E-state index in [4.69, 9.17) is 32.7 Å². The van der Waals surface area contributed by atoms with Crippen molar-refractivity contribution in [3.05, 3.63) is 118 Å². The Labute approximate surface area is 376 Å². The van der Waals surface area contributed by atoms with Crippen molar-refractivity contribution < 1.29 is 59.4 Å². The van der Waals surface area contributed by atoms with Crippen LogP contribution in [0, 0.1) is 0 Å². The van der Waals surface area contributed by atoms with E-state index in [0.717, 1.165) is 0 Å². The molecule has 0 bridgehead atoms. The molecule has 2 aliphatic heterocycles. The smallest absolute Gasteiger partial charge is 0.413 e. The van der Waals surface area contributed by atoms with Crippen molar-refractivity contribution in [2.45, 2.75) is 25.4 Å². The van der Waals surface area contributed by atoms with E-state index in [2.05, 4.69) is 24.6 Å². The molecule has 2 aromatic carbocycles. The number of amides is 5. The number of morpholine rings is 2. The molecule has 5 aromatic rings. The monoisotopic (exact) mass is 951 g/mol. The Morgan fingerprint density at radius 2 is 1.12 bits per heavy atom. The molecule has 0 atom stereocenters. The Balaban J connectivity index is 0.000000215. The number of urea groups is 2. The van der Waals surface area contributed by atoms with Gasteiger partial charge in [-0.1, -0.05) is 23.2 Å². The molecule has 0 saturated carbocycles. The summed E-state index contributed by atoms with van der Waals surface area (Å²) in [6.45, 7) is 2.98. The zero-order chi connectivity index (χ0) is 46.7. The van der Waals surface area contributed by atoms with Gasteiger partial charge >= 0.3 is 36.2 Å². The molecule has 0 radical (unpaired) electrons. The quantitative estimate of drug-likeness (QED) is 0.110. The van der Waals surface area contributed by atoms with Gasteiger partial charge < -0.3 is 29.0 Å². The number of hydrogen-bond donors (Lipinski definition) is 1. The lowest BCUT2D eigenvalue weighted by molar-refractivity contribution is -0.173. The summed E-state index contributed by atoms with van der Waals surface area (Å²) in [5.41, 5.74) is 2.44. The van der Waals surface area contributed by atoms with E-state index in [9.17, 15) is 45.5 Å². The Hall–Kier alpha value is -6.36. The lowest BCUT2D eigenvalue weighted by atomic mass is 10.1. The predicted molar refractivity (Wildman–Crippen MR) is 221 cm³/mol. The van der Waals surface area contributed by atoms with Gasteiger partial charge in [-0.05, 0) is 72.8 Å². The number of pyridine rings is 2.